The molecule has 0 aromatic carbocycles. The molecule has 4 heteroatoms. The molecule has 0 spiro atoms. The van der Waals surface area contributed by atoms with Crippen molar-refractivity contribution in [1.29, 1.82) is 0 Å². The third kappa shape index (κ3) is 4.43. The molecule has 1 rings (SSSR count). The lowest BCUT2D eigenvalue weighted by molar-refractivity contribution is -0.121. The van der Waals surface area contributed by atoms with E-state index < -0.39 is 0 Å². The van der Waals surface area contributed by atoms with Crippen LogP contribution in [0.4, 0.5) is 0 Å². The Bertz CT molecular complexity index is 199. The summed E-state index contributed by atoms with van der Waals surface area (Å²) in [7, 11) is 0. The van der Waals surface area contributed by atoms with E-state index in [0.29, 0.717) is 24.3 Å². The van der Waals surface area contributed by atoms with Gasteiger partial charge in [0, 0.05) is 17.7 Å². The van der Waals surface area contributed by atoms with Crippen LogP contribution in [0.5, 0.6) is 0 Å². The average Bonchev–Trinajstić information content (AvgIpc) is 2.65. The Hall–Kier alpha value is -0.220. The lowest BCUT2D eigenvalue weighted by Crippen LogP contribution is -2.38. The molecule has 0 saturated heterocycles. The second kappa shape index (κ2) is 7.12. The fourth-order valence-corrected chi connectivity index (χ4v) is 3.02. The molecule has 1 amide bonds. The van der Waals surface area contributed by atoms with Gasteiger partial charge in [0.15, 0.2) is 0 Å². The normalized spacial score (nSPS) is 25.5. The predicted octanol–water partition coefficient (Wildman–Crippen LogP) is 1.52. The van der Waals surface area contributed by atoms with Gasteiger partial charge in [-0.3, -0.25) is 4.79 Å². The SMILES string of the molecule is CSC1CCCC1NC(=O)CCCCN. The molecule has 0 radical (unpaired) electrons. The van der Waals surface area contributed by atoms with Crippen molar-refractivity contribution < 1.29 is 4.79 Å². The van der Waals surface area contributed by atoms with Gasteiger partial charge in [-0.1, -0.05) is 6.42 Å². The highest BCUT2D eigenvalue weighted by Crippen LogP contribution is 2.28. The van der Waals surface area contributed by atoms with Gasteiger partial charge in [-0.25, -0.2) is 0 Å². The number of unbranched alkanes of at least 4 members (excludes halogenated alkanes) is 1. The van der Waals surface area contributed by atoms with Crippen LogP contribution in [-0.2, 0) is 4.79 Å². The topological polar surface area (TPSA) is 55.1 Å². The minimum absolute atomic E-state index is 0.203. The molecule has 2 atom stereocenters. The van der Waals surface area contributed by atoms with Crippen LogP contribution in [0.1, 0.15) is 38.5 Å². The molecule has 1 fully saturated rings. The Balaban J connectivity index is 2.19. The number of amides is 1. The molecule has 0 aromatic heterocycles. The number of rotatable bonds is 6. The molecular formula is C11H22N2OS. The van der Waals surface area contributed by atoms with Crippen LogP contribution in [0.25, 0.3) is 0 Å². The summed E-state index contributed by atoms with van der Waals surface area (Å²) in [6, 6.07) is 0.408. The minimum Gasteiger partial charge on any atom is -0.352 e. The van der Waals surface area contributed by atoms with E-state index in [1.807, 2.05) is 11.8 Å². The zero-order chi connectivity index (χ0) is 11.1. The average molecular weight is 230 g/mol. The number of hydrogen-bond acceptors (Lipinski definition) is 3. The first-order valence-corrected chi connectivity index (χ1v) is 7.09. The molecule has 0 bridgehead atoms. The Morgan fingerprint density at radius 2 is 2.27 bits per heavy atom. The van der Waals surface area contributed by atoms with Crippen molar-refractivity contribution in [3.63, 3.8) is 0 Å². The summed E-state index contributed by atoms with van der Waals surface area (Å²) in [6.07, 6.45) is 8.27. The maximum absolute atomic E-state index is 11.6. The predicted molar refractivity (Wildman–Crippen MR) is 66.0 cm³/mol. The van der Waals surface area contributed by atoms with E-state index in [2.05, 4.69) is 11.6 Å². The van der Waals surface area contributed by atoms with Crippen LogP contribution in [0, 0.1) is 0 Å². The van der Waals surface area contributed by atoms with E-state index in [1.54, 1.807) is 0 Å². The summed E-state index contributed by atoms with van der Waals surface area (Å²) in [6.45, 7) is 0.685. The number of carbonyl (C=O) groups is 1. The van der Waals surface area contributed by atoms with Crippen molar-refractivity contribution in [3.8, 4) is 0 Å². The first-order valence-electron chi connectivity index (χ1n) is 5.80. The van der Waals surface area contributed by atoms with E-state index in [9.17, 15) is 4.79 Å². The van der Waals surface area contributed by atoms with Crippen molar-refractivity contribution in [2.24, 2.45) is 5.73 Å². The smallest absolute Gasteiger partial charge is 0.220 e. The van der Waals surface area contributed by atoms with E-state index in [1.165, 1.54) is 12.8 Å². The maximum Gasteiger partial charge on any atom is 0.220 e. The van der Waals surface area contributed by atoms with Gasteiger partial charge in [-0.15, -0.1) is 0 Å². The van der Waals surface area contributed by atoms with Gasteiger partial charge in [-0.2, -0.15) is 11.8 Å². The maximum atomic E-state index is 11.6. The van der Waals surface area contributed by atoms with E-state index in [-0.39, 0.29) is 5.91 Å². The Morgan fingerprint density at radius 1 is 1.47 bits per heavy atom. The molecule has 1 aliphatic rings. The highest BCUT2D eigenvalue weighted by atomic mass is 32.2. The molecular weight excluding hydrogens is 208 g/mol. The van der Waals surface area contributed by atoms with Gasteiger partial charge in [0.2, 0.25) is 5.91 Å². The second-order valence-electron chi connectivity index (χ2n) is 4.12. The first-order chi connectivity index (χ1) is 7.27. The summed E-state index contributed by atoms with van der Waals surface area (Å²) in [5, 5.41) is 3.77. The van der Waals surface area contributed by atoms with Crippen molar-refractivity contribution in [3.05, 3.63) is 0 Å². The van der Waals surface area contributed by atoms with Gasteiger partial charge >= 0.3 is 0 Å². The summed E-state index contributed by atoms with van der Waals surface area (Å²) >= 11 is 1.88. The summed E-state index contributed by atoms with van der Waals surface area (Å²) in [5.41, 5.74) is 5.39. The monoisotopic (exact) mass is 230 g/mol. The zero-order valence-corrected chi connectivity index (χ0v) is 10.3. The van der Waals surface area contributed by atoms with Gasteiger partial charge < -0.3 is 11.1 Å². The van der Waals surface area contributed by atoms with Crippen molar-refractivity contribution in [2.75, 3.05) is 12.8 Å². The molecule has 0 aromatic rings. The Kier molecular flexibility index (Phi) is 6.10. The number of carbonyl (C=O) groups excluding carboxylic acids is 1. The van der Waals surface area contributed by atoms with Crippen LogP contribution >= 0.6 is 11.8 Å². The lowest BCUT2D eigenvalue weighted by atomic mass is 10.2. The van der Waals surface area contributed by atoms with E-state index >= 15 is 0 Å². The first kappa shape index (κ1) is 12.8. The molecule has 3 N–H and O–H groups in total. The Labute approximate surface area is 96.6 Å². The quantitative estimate of drug-likeness (QED) is 0.680. The fraction of sp³-hybridized carbons (Fsp3) is 0.909. The Morgan fingerprint density at radius 3 is 2.93 bits per heavy atom. The van der Waals surface area contributed by atoms with Gasteiger partial charge in [-0.05, 0) is 38.5 Å². The molecule has 1 saturated carbocycles. The molecule has 3 nitrogen and oxygen atoms in total. The summed E-state index contributed by atoms with van der Waals surface area (Å²) in [5.74, 6) is 0.203. The molecule has 88 valence electrons. The minimum atomic E-state index is 0.203. The zero-order valence-electron chi connectivity index (χ0n) is 9.50. The highest BCUT2D eigenvalue weighted by molar-refractivity contribution is 7.99. The van der Waals surface area contributed by atoms with Crippen LogP contribution in [0.2, 0.25) is 0 Å². The number of hydrogen-bond donors (Lipinski definition) is 2. The fourth-order valence-electron chi connectivity index (χ4n) is 2.08. The van der Waals surface area contributed by atoms with Crippen LogP contribution in [0.3, 0.4) is 0 Å². The summed E-state index contributed by atoms with van der Waals surface area (Å²) < 4.78 is 0. The third-order valence-electron chi connectivity index (χ3n) is 2.96. The largest absolute Gasteiger partial charge is 0.352 e. The van der Waals surface area contributed by atoms with Gasteiger partial charge in [0.05, 0.1) is 0 Å². The van der Waals surface area contributed by atoms with Crippen LogP contribution in [0.15, 0.2) is 0 Å². The van der Waals surface area contributed by atoms with Gasteiger partial charge in [0.1, 0.15) is 0 Å². The molecule has 0 aliphatic heterocycles. The van der Waals surface area contributed by atoms with Crippen molar-refractivity contribution in [1.82, 2.24) is 5.32 Å². The van der Waals surface area contributed by atoms with Crippen LogP contribution in [-0.4, -0.2) is 30.0 Å². The number of nitrogens with two attached hydrogens (primary N) is 1. The van der Waals surface area contributed by atoms with Crippen molar-refractivity contribution >= 4 is 17.7 Å². The van der Waals surface area contributed by atoms with Gasteiger partial charge in [0.25, 0.3) is 0 Å². The van der Waals surface area contributed by atoms with E-state index in [4.69, 9.17) is 5.73 Å². The molecule has 1 aliphatic carbocycles. The number of thioether (sulfide) groups is 1. The lowest BCUT2D eigenvalue weighted by Gasteiger charge is -2.19. The van der Waals surface area contributed by atoms with E-state index in [0.717, 1.165) is 19.3 Å². The second-order valence-corrected chi connectivity index (χ2v) is 5.20. The molecule has 0 heterocycles. The van der Waals surface area contributed by atoms with Crippen molar-refractivity contribution in [2.45, 2.75) is 49.8 Å². The highest BCUT2D eigenvalue weighted by Gasteiger charge is 2.27. The standard InChI is InChI=1S/C11H22N2OS/c1-15-10-6-4-5-9(10)13-11(14)7-2-3-8-12/h9-10H,2-8,12H2,1H3,(H,13,14). The summed E-state index contributed by atoms with van der Waals surface area (Å²) in [4.78, 5) is 11.6. The number of nitrogens with one attached hydrogen (secondary N) is 1. The third-order valence-corrected chi connectivity index (χ3v) is 4.13. The molecule has 15 heavy (non-hydrogen) atoms. The van der Waals surface area contributed by atoms with Crippen LogP contribution < -0.4 is 11.1 Å². The molecule has 2 unspecified atom stereocenters.